The fraction of sp³-hybridized carbons (Fsp3) is 1.00. The van der Waals surface area contributed by atoms with E-state index in [0.29, 0.717) is 19.8 Å². The van der Waals surface area contributed by atoms with Gasteiger partial charge in [-0.3, -0.25) is 0 Å². The summed E-state index contributed by atoms with van der Waals surface area (Å²) in [5, 5.41) is 0. The van der Waals surface area contributed by atoms with Crippen LogP contribution in [0.5, 0.6) is 0 Å². The maximum absolute atomic E-state index is 5.58. The Morgan fingerprint density at radius 1 is 1.00 bits per heavy atom. The average molecular weight is 259 g/mol. The maximum atomic E-state index is 5.58. The van der Waals surface area contributed by atoms with Gasteiger partial charge in [0.05, 0.1) is 12.7 Å². The SMILES string of the molecule is CCOC(CN)COCCCCCCCC(C)C. The van der Waals surface area contributed by atoms with Crippen molar-refractivity contribution in [3.63, 3.8) is 0 Å². The number of hydrogen-bond acceptors (Lipinski definition) is 3. The number of ether oxygens (including phenoxy) is 2. The highest BCUT2D eigenvalue weighted by molar-refractivity contribution is 4.56. The molecule has 0 radical (unpaired) electrons. The second-order valence-corrected chi connectivity index (χ2v) is 5.34. The van der Waals surface area contributed by atoms with Crippen molar-refractivity contribution >= 4 is 0 Å². The molecule has 0 aliphatic carbocycles. The van der Waals surface area contributed by atoms with E-state index in [9.17, 15) is 0 Å². The van der Waals surface area contributed by atoms with Gasteiger partial charge in [0.25, 0.3) is 0 Å². The molecule has 0 aromatic heterocycles. The van der Waals surface area contributed by atoms with E-state index in [1.54, 1.807) is 0 Å². The Hall–Kier alpha value is -0.120. The first-order valence-corrected chi connectivity index (χ1v) is 7.60. The minimum atomic E-state index is 0.0704. The van der Waals surface area contributed by atoms with Crippen LogP contribution in [-0.2, 0) is 9.47 Å². The summed E-state index contributed by atoms with van der Waals surface area (Å²) < 4.78 is 11.0. The molecule has 0 fully saturated rings. The van der Waals surface area contributed by atoms with Crippen LogP contribution in [0.4, 0.5) is 0 Å². The van der Waals surface area contributed by atoms with Crippen LogP contribution in [0.15, 0.2) is 0 Å². The lowest BCUT2D eigenvalue weighted by molar-refractivity contribution is -0.00732. The van der Waals surface area contributed by atoms with Crippen molar-refractivity contribution < 1.29 is 9.47 Å². The Labute approximate surface area is 113 Å². The van der Waals surface area contributed by atoms with Crippen LogP contribution in [-0.4, -0.2) is 32.5 Å². The summed E-state index contributed by atoms with van der Waals surface area (Å²) in [6.07, 6.45) is 7.94. The summed E-state index contributed by atoms with van der Waals surface area (Å²) in [5.41, 5.74) is 5.57. The van der Waals surface area contributed by atoms with E-state index >= 15 is 0 Å². The summed E-state index contributed by atoms with van der Waals surface area (Å²) >= 11 is 0. The largest absolute Gasteiger partial charge is 0.379 e. The molecule has 1 unspecified atom stereocenters. The van der Waals surface area contributed by atoms with Crippen molar-refractivity contribution in [1.82, 2.24) is 0 Å². The predicted octanol–water partition coefficient (Wildman–Crippen LogP) is 3.36. The first-order valence-electron chi connectivity index (χ1n) is 7.60. The molecule has 0 saturated carbocycles. The lowest BCUT2D eigenvalue weighted by Crippen LogP contribution is -2.29. The van der Waals surface area contributed by atoms with Gasteiger partial charge in [0.1, 0.15) is 0 Å². The van der Waals surface area contributed by atoms with Crippen LogP contribution in [0.1, 0.15) is 59.3 Å². The minimum Gasteiger partial charge on any atom is -0.379 e. The molecule has 0 aromatic rings. The van der Waals surface area contributed by atoms with Gasteiger partial charge in [-0.1, -0.05) is 46.0 Å². The summed E-state index contributed by atoms with van der Waals surface area (Å²) in [6, 6.07) is 0. The first kappa shape index (κ1) is 17.9. The fourth-order valence-electron chi connectivity index (χ4n) is 1.92. The molecule has 0 spiro atoms. The molecule has 0 rings (SSSR count). The molecule has 1 atom stereocenters. The van der Waals surface area contributed by atoms with Crippen molar-refractivity contribution in [1.29, 1.82) is 0 Å². The smallest absolute Gasteiger partial charge is 0.0930 e. The van der Waals surface area contributed by atoms with Crippen LogP contribution in [0.2, 0.25) is 0 Å². The van der Waals surface area contributed by atoms with Crippen LogP contribution in [0, 0.1) is 5.92 Å². The second kappa shape index (κ2) is 13.3. The third kappa shape index (κ3) is 12.3. The summed E-state index contributed by atoms with van der Waals surface area (Å²) in [4.78, 5) is 0. The average Bonchev–Trinajstić information content (AvgIpc) is 2.35. The van der Waals surface area contributed by atoms with Gasteiger partial charge in [-0.25, -0.2) is 0 Å². The molecule has 3 nitrogen and oxygen atoms in total. The van der Waals surface area contributed by atoms with E-state index in [0.717, 1.165) is 18.9 Å². The molecule has 0 aromatic carbocycles. The van der Waals surface area contributed by atoms with Crippen LogP contribution in [0.3, 0.4) is 0 Å². The lowest BCUT2D eigenvalue weighted by Gasteiger charge is -2.14. The number of rotatable bonds is 13. The van der Waals surface area contributed by atoms with Gasteiger partial charge < -0.3 is 15.2 Å². The number of unbranched alkanes of at least 4 members (excludes halogenated alkanes) is 4. The summed E-state index contributed by atoms with van der Waals surface area (Å²) in [7, 11) is 0. The Morgan fingerprint density at radius 2 is 1.67 bits per heavy atom. The van der Waals surface area contributed by atoms with Crippen molar-refractivity contribution in [2.75, 3.05) is 26.4 Å². The van der Waals surface area contributed by atoms with Gasteiger partial charge in [0.2, 0.25) is 0 Å². The normalized spacial score (nSPS) is 13.2. The number of hydrogen-bond donors (Lipinski definition) is 1. The van der Waals surface area contributed by atoms with Gasteiger partial charge in [-0.2, -0.15) is 0 Å². The van der Waals surface area contributed by atoms with E-state index in [1.165, 1.54) is 32.1 Å². The van der Waals surface area contributed by atoms with Crippen molar-refractivity contribution in [2.24, 2.45) is 11.7 Å². The molecule has 110 valence electrons. The minimum absolute atomic E-state index is 0.0704. The van der Waals surface area contributed by atoms with Gasteiger partial charge in [0.15, 0.2) is 0 Å². The van der Waals surface area contributed by atoms with Gasteiger partial charge in [0, 0.05) is 19.8 Å². The molecule has 0 saturated heterocycles. The van der Waals surface area contributed by atoms with E-state index in [2.05, 4.69) is 13.8 Å². The lowest BCUT2D eigenvalue weighted by atomic mass is 10.0. The van der Waals surface area contributed by atoms with Gasteiger partial charge >= 0.3 is 0 Å². The first-order chi connectivity index (χ1) is 8.70. The standard InChI is InChI=1S/C15H33NO2/c1-4-18-15(12-16)13-17-11-9-7-5-6-8-10-14(2)3/h14-15H,4-13,16H2,1-3H3. The molecule has 0 aliphatic heterocycles. The Balaban J connectivity index is 3.15. The van der Waals surface area contributed by atoms with Gasteiger partial charge in [-0.15, -0.1) is 0 Å². The van der Waals surface area contributed by atoms with Crippen LogP contribution >= 0.6 is 0 Å². The van der Waals surface area contributed by atoms with Crippen molar-refractivity contribution in [3.8, 4) is 0 Å². The Bertz CT molecular complexity index is 163. The zero-order valence-corrected chi connectivity index (χ0v) is 12.6. The van der Waals surface area contributed by atoms with Crippen molar-refractivity contribution in [3.05, 3.63) is 0 Å². The molecule has 0 amide bonds. The maximum Gasteiger partial charge on any atom is 0.0930 e. The Kier molecular flexibility index (Phi) is 13.2. The molecular weight excluding hydrogens is 226 g/mol. The molecule has 0 bridgehead atoms. The summed E-state index contributed by atoms with van der Waals surface area (Å²) in [6.45, 7) is 9.30. The second-order valence-electron chi connectivity index (χ2n) is 5.34. The van der Waals surface area contributed by atoms with E-state index < -0.39 is 0 Å². The zero-order valence-electron chi connectivity index (χ0n) is 12.6. The third-order valence-electron chi connectivity index (χ3n) is 3.04. The zero-order chi connectivity index (χ0) is 13.6. The highest BCUT2D eigenvalue weighted by Gasteiger charge is 2.05. The molecule has 0 aliphatic rings. The highest BCUT2D eigenvalue weighted by Crippen LogP contribution is 2.10. The molecular formula is C15H33NO2. The monoisotopic (exact) mass is 259 g/mol. The summed E-state index contributed by atoms with van der Waals surface area (Å²) in [5.74, 6) is 0.847. The van der Waals surface area contributed by atoms with Crippen LogP contribution in [0.25, 0.3) is 0 Å². The molecule has 3 heteroatoms. The number of nitrogens with two attached hydrogens (primary N) is 1. The topological polar surface area (TPSA) is 44.5 Å². The Morgan fingerprint density at radius 3 is 2.28 bits per heavy atom. The van der Waals surface area contributed by atoms with E-state index in [1.807, 2.05) is 6.92 Å². The molecule has 18 heavy (non-hydrogen) atoms. The van der Waals surface area contributed by atoms with E-state index in [4.69, 9.17) is 15.2 Å². The molecule has 2 N–H and O–H groups in total. The van der Waals surface area contributed by atoms with Crippen LogP contribution < -0.4 is 5.73 Å². The van der Waals surface area contributed by atoms with E-state index in [-0.39, 0.29) is 6.10 Å². The third-order valence-corrected chi connectivity index (χ3v) is 3.04. The molecule has 0 heterocycles. The fourth-order valence-corrected chi connectivity index (χ4v) is 1.92. The predicted molar refractivity (Wildman–Crippen MR) is 77.8 cm³/mol. The quantitative estimate of drug-likeness (QED) is 0.516. The van der Waals surface area contributed by atoms with Gasteiger partial charge in [-0.05, 0) is 19.3 Å². The highest BCUT2D eigenvalue weighted by atomic mass is 16.5. The van der Waals surface area contributed by atoms with Crippen molar-refractivity contribution in [2.45, 2.75) is 65.4 Å².